The van der Waals surface area contributed by atoms with E-state index in [9.17, 15) is 9.18 Å². The summed E-state index contributed by atoms with van der Waals surface area (Å²) in [4.78, 5) is 16.2. The van der Waals surface area contributed by atoms with Crippen molar-refractivity contribution >= 4 is 22.0 Å². The summed E-state index contributed by atoms with van der Waals surface area (Å²) in [6, 6.07) is 3.43. The van der Waals surface area contributed by atoms with Crippen LogP contribution in [0.1, 0.15) is 38.8 Å². The maximum absolute atomic E-state index is 14.1. The second kappa shape index (κ2) is 7.40. The highest BCUT2D eigenvalue weighted by Crippen LogP contribution is 2.23. The predicted molar refractivity (Wildman–Crippen MR) is 96.5 cm³/mol. The number of carbonyl (C=O) groups is 1. The van der Waals surface area contributed by atoms with E-state index in [-0.39, 0.29) is 18.0 Å². The fourth-order valence-corrected chi connectivity index (χ4v) is 3.16. The maximum atomic E-state index is 14.1. The Hall–Kier alpha value is -1.14. The second-order valence-electron chi connectivity index (χ2n) is 7.45. The minimum Gasteiger partial charge on any atom is -0.444 e. The van der Waals surface area contributed by atoms with Crippen molar-refractivity contribution in [1.82, 2.24) is 9.80 Å². The fraction of sp³-hybridized carbons (Fsp3) is 0.611. The van der Waals surface area contributed by atoms with Crippen LogP contribution in [0.3, 0.4) is 0 Å². The summed E-state index contributed by atoms with van der Waals surface area (Å²) in [6.45, 7) is 12.1. The monoisotopic (exact) mass is 400 g/mol. The molecule has 1 heterocycles. The summed E-state index contributed by atoms with van der Waals surface area (Å²) in [7, 11) is 0. The minimum atomic E-state index is -0.494. The molecule has 6 heteroatoms. The zero-order valence-corrected chi connectivity index (χ0v) is 16.6. The standard InChI is InChI=1S/C18H26BrFN2O2/c1-12-8-14(16(20)9-15(12)19)11-21-6-7-22(13(2)10-21)17(23)24-18(3,4)5/h8-9,13H,6-7,10-11H2,1-5H3/t13-/m1/s1. The lowest BCUT2D eigenvalue weighted by molar-refractivity contribution is 0.000440. The van der Waals surface area contributed by atoms with Crippen molar-refractivity contribution in [2.24, 2.45) is 0 Å². The molecule has 0 radical (unpaired) electrons. The van der Waals surface area contributed by atoms with Crippen molar-refractivity contribution < 1.29 is 13.9 Å². The molecule has 2 rings (SSSR count). The van der Waals surface area contributed by atoms with E-state index in [1.165, 1.54) is 6.07 Å². The zero-order valence-electron chi connectivity index (χ0n) is 15.0. The normalized spacial score (nSPS) is 19.5. The molecule has 0 N–H and O–H groups in total. The quantitative estimate of drug-likeness (QED) is 0.739. The van der Waals surface area contributed by atoms with Crippen LogP contribution in [-0.4, -0.2) is 47.2 Å². The van der Waals surface area contributed by atoms with Gasteiger partial charge in [-0.1, -0.05) is 22.0 Å². The van der Waals surface area contributed by atoms with Gasteiger partial charge in [0.15, 0.2) is 0 Å². The van der Waals surface area contributed by atoms with Crippen molar-refractivity contribution in [1.29, 1.82) is 0 Å². The number of halogens is 2. The van der Waals surface area contributed by atoms with Crippen LogP contribution in [0, 0.1) is 12.7 Å². The van der Waals surface area contributed by atoms with Crippen LogP contribution in [0.2, 0.25) is 0 Å². The third-order valence-corrected chi connectivity index (χ3v) is 4.92. The van der Waals surface area contributed by atoms with E-state index in [0.29, 0.717) is 31.7 Å². The van der Waals surface area contributed by atoms with Gasteiger partial charge in [0.2, 0.25) is 0 Å². The summed E-state index contributed by atoms with van der Waals surface area (Å²) in [5.41, 5.74) is 1.21. The number of rotatable bonds is 2. The molecule has 4 nitrogen and oxygen atoms in total. The Morgan fingerprint density at radius 1 is 1.38 bits per heavy atom. The molecular weight excluding hydrogens is 375 g/mol. The molecule has 1 amide bonds. The number of hydrogen-bond acceptors (Lipinski definition) is 3. The molecule has 1 saturated heterocycles. The Balaban J connectivity index is 1.98. The molecule has 0 bridgehead atoms. The first-order valence-electron chi connectivity index (χ1n) is 8.23. The molecule has 1 atom stereocenters. The molecule has 1 aliphatic rings. The molecule has 0 saturated carbocycles. The lowest BCUT2D eigenvalue weighted by Crippen LogP contribution is -2.54. The van der Waals surface area contributed by atoms with Gasteiger partial charge in [0.1, 0.15) is 11.4 Å². The highest BCUT2D eigenvalue weighted by Gasteiger charge is 2.31. The number of benzene rings is 1. The Kier molecular flexibility index (Phi) is 5.91. The molecular formula is C18H26BrFN2O2. The van der Waals surface area contributed by atoms with E-state index >= 15 is 0 Å². The summed E-state index contributed by atoms with van der Waals surface area (Å²) in [6.07, 6.45) is -0.277. The fourth-order valence-electron chi connectivity index (χ4n) is 2.85. The van der Waals surface area contributed by atoms with Crippen LogP contribution < -0.4 is 0 Å². The van der Waals surface area contributed by atoms with Gasteiger partial charge in [-0.3, -0.25) is 4.90 Å². The Labute approximate surface area is 152 Å². The third kappa shape index (κ3) is 4.93. The summed E-state index contributed by atoms with van der Waals surface area (Å²) < 4.78 is 20.4. The number of amides is 1. The van der Waals surface area contributed by atoms with Crippen LogP contribution in [0.15, 0.2) is 16.6 Å². The smallest absolute Gasteiger partial charge is 0.410 e. The van der Waals surface area contributed by atoms with Crippen LogP contribution in [-0.2, 0) is 11.3 Å². The Morgan fingerprint density at radius 3 is 2.62 bits per heavy atom. The number of piperazine rings is 1. The van der Waals surface area contributed by atoms with E-state index in [4.69, 9.17) is 4.74 Å². The number of nitrogens with zero attached hydrogens (tertiary/aromatic N) is 2. The van der Waals surface area contributed by atoms with Gasteiger partial charge in [0.05, 0.1) is 0 Å². The van der Waals surface area contributed by atoms with Gasteiger partial charge in [0, 0.05) is 42.3 Å². The van der Waals surface area contributed by atoms with Crippen LogP contribution in [0.25, 0.3) is 0 Å². The van der Waals surface area contributed by atoms with E-state index < -0.39 is 5.60 Å². The van der Waals surface area contributed by atoms with Crippen LogP contribution >= 0.6 is 15.9 Å². The minimum absolute atomic E-state index is 0.0354. The molecule has 0 aliphatic carbocycles. The van der Waals surface area contributed by atoms with Crippen molar-refractivity contribution in [2.45, 2.75) is 52.8 Å². The zero-order chi connectivity index (χ0) is 18.1. The summed E-state index contributed by atoms with van der Waals surface area (Å²) in [5.74, 6) is -0.199. The predicted octanol–water partition coefficient (Wildman–Crippen LogP) is 4.34. The van der Waals surface area contributed by atoms with Gasteiger partial charge in [-0.05, 0) is 46.2 Å². The maximum Gasteiger partial charge on any atom is 0.410 e. The van der Waals surface area contributed by atoms with E-state index in [1.54, 1.807) is 4.90 Å². The summed E-state index contributed by atoms with van der Waals surface area (Å²) in [5, 5.41) is 0. The molecule has 0 aromatic heterocycles. The Bertz CT molecular complexity index is 616. The number of carbonyl (C=O) groups excluding carboxylic acids is 1. The average molecular weight is 401 g/mol. The van der Waals surface area contributed by atoms with E-state index in [1.807, 2.05) is 40.7 Å². The van der Waals surface area contributed by atoms with Gasteiger partial charge in [0.25, 0.3) is 0 Å². The van der Waals surface area contributed by atoms with Crippen LogP contribution in [0.5, 0.6) is 0 Å². The molecule has 0 unspecified atom stereocenters. The molecule has 1 aliphatic heterocycles. The van der Waals surface area contributed by atoms with E-state index in [0.717, 1.165) is 10.0 Å². The van der Waals surface area contributed by atoms with Crippen molar-refractivity contribution in [2.75, 3.05) is 19.6 Å². The summed E-state index contributed by atoms with van der Waals surface area (Å²) >= 11 is 3.35. The first-order chi connectivity index (χ1) is 11.1. The molecule has 0 spiro atoms. The molecule has 1 aromatic carbocycles. The number of hydrogen-bond donors (Lipinski definition) is 0. The van der Waals surface area contributed by atoms with E-state index in [2.05, 4.69) is 20.8 Å². The van der Waals surface area contributed by atoms with Gasteiger partial charge >= 0.3 is 6.09 Å². The highest BCUT2D eigenvalue weighted by atomic mass is 79.9. The van der Waals surface area contributed by atoms with Gasteiger partial charge in [-0.15, -0.1) is 0 Å². The average Bonchev–Trinajstić information content (AvgIpc) is 2.42. The second-order valence-corrected chi connectivity index (χ2v) is 8.31. The molecule has 1 aromatic rings. The van der Waals surface area contributed by atoms with Gasteiger partial charge in [-0.25, -0.2) is 9.18 Å². The third-order valence-electron chi connectivity index (χ3n) is 4.06. The number of aryl methyl sites for hydroxylation is 1. The first kappa shape index (κ1) is 19.2. The lowest BCUT2D eigenvalue weighted by atomic mass is 10.1. The number of ether oxygens (including phenoxy) is 1. The van der Waals surface area contributed by atoms with Crippen LogP contribution in [0.4, 0.5) is 9.18 Å². The van der Waals surface area contributed by atoms with Crippen molar-refractivity contribution in [3.63, 3.8) is 0 Å². The van der Waals surface area contributed by atoms with Gasteiger partial charge < -0.3 is 9.64 Å². The lowest BCUT2D eigenvalue weighted by Gasteiger charge is -2.40. The SMILES string of the molecule is Cc1cc(CN2CCN(C(=O)OC(C)(C)C)[C@H](C)C2)c(F)cc1Br. The largest absolute Gasteiger partial charge is 0.444 e. The molecule has 134 valence electrons. The Morgan fingerprint density at radius 2 is 2.04 bits per heavy atom. The van der Waals surface area contributed by atoms with Gasteiger partial charge in [-0.2, -0.15) is 0 Å². The topological polar surface area (TPSA) is 32.8 Å². The van der Waals surface area contributed by atoms with Crippen molar-refractivity contribution in [3.05, 3.63) is 33.5 Å². The highest BCUT2D eigenvalue weighted by molar-refractivity contribution is 9.10. The first-order valence-corrected chi connectivity index (χ1v) is 9.02. The van der Waals surface area contributed by atoms with Crippen molar-refractivity contribution in [3.8, 4) is 0 Å². The molecule has 24 heavy (non-hydrogen) atoms. The molecule has 1 fully saturated rings.